The van der Waals surface area contributed by atoms with E-state index in [-0.39, 0.29) is 17.1 Å². The SMILES string of the molecule is O.O=C(NN=Cc1ccc([N+](=O)[O-])o1)c1ccncc1. The first-order chi connectivity index (χ1) is 9.16. The van der Waals surface area contributed by atoms with Crippen molar-refractivity contribution in [3.05, 3.63) is 58.1 Å². The molecule has 2 aromatic heterocycles. The maximum Gasteiger partial charge on any atom is 0.433 e. The van der Waals surface area contributed by atoms with E-state index in [0.717, 1.165) is 0 Å². The van der Waals surface area contributed by atoms with Gasteiger partial charge in [0.05, 0.1) is 12.3 Å². The molecular formula is C11H10N4O5. The van der Waals surface area contributed by atoms with Gasteiger partial charge >= 0.3 is 5.88 Å². The van der Waals surface area contributed by atoms with E-state index in [4.69, 9.17) is 4.42 Å². The van der Waals surface area contributed by atoms with Crippen LogP contribution in [0.2, 0.25) is 0 Å². The molecule has 1 amide bonds. The van der Waals surface area contributed by atoms with Crippen molar-refractivity contribution in [3.8, 4) is 0 Å². The van der Waals surface area contributed by atoms with Crippen molar-refractivity contribution in [2.75, 3.05) is 0 Å². The number of carbonyl (C=O) groups is 1. The first kappa shape index (κ1) is 15.0. The second kappa shape index (κ2) is 6.75. The molecule has 0 spiro atoms. The Balaban J connectivity index is 0.00000200. The Labute approximate surface area is 112 Å². The van der Waals surface area contributed by atoms with Gasteiger partial charge in [0.2, 0.25) is 0 Å². The molecule has 0 aliphatic carbocycles. The third kappa shape index (κ3) is 3.71. The Morgan fingerprint density at radius 1 is 1.35 bits per heavy atom. The van der Waals surface area contributed by atoms with Gasteiger partial charge in [-0.1, -0.05) is 0 Å². The number of hydrogen-bond acceptors (Lipinski definition) is 6. The summed E-state index contributed by atoms with van der Waals surface area (Å²) in [5, 5.41) is 14.0. The van der Waals surface area contributed by atoms with Crippen molar-refractivity contribution in [2.24, 2.45) is 5.10 Å². The highest BCUT2D eigenvalue weighted by atomic mass is 16.6. The molecule has 0 radical (unpaired) electrons. The minimum atomic E-state index is -0.660. The lowest BCUT2D eigenvalue weighted by Crippen LogP contribution is -2.17. The maximum absolute atomic E-state index is 11.6. The molecule has 3 N–H and O–H groups in total. The Kier molecular flexibility index (Phi) is 5.06. The van der Waals surface area contributed by atoms with E-state index >= 15 is 0 Å². The minimum absolute atomic E-state index is 0. The summed E-state index contributed by atoms with van der Waals surface area (Å²) in [5.74, 6) is -0.636. The molecule has 0 aliphatic heterocycles. The van der Waals surface area contributed by atoms with Crippen molar-refractivity contribution in [1.82, 2.24) is 10.4 Å². The third-order valence-corrected chi connectivity index (χ3v) is 2.09. The molecule has 20 heavy (non-hydrogen) atoms. The number of carbonyl (C=O) groups excluding carboxylic acids is 1. The highest BCUT2D eigenvalue weighted by Gasteiger charge is 2.10. The van der Waals surface area contributed by atoms with Gasteiger partial charge in [-0.25, -0.2) is 5.43 Å². The van der Waals surface area contributed by atoms with E-state index in [2.05, 4.69) is 15.5 Å². The molecule has 0 aromatic carbocycles. The van der Waals surface area contributed by atoms with Crippen LogP contribution < -0.4 is 5.43 Å². The fourth-order valence-corrected chi connectivity index (χ4v) is 1.23. The fraction of sp³-hybridized carbons (Fsp3) is 0. The highest BCUT2D eigenvalue weighted by Crippen LogP contribution is 2.13. The molecule has 0 aliphatic rings. The number of amides is 1. The molecule has 0 saturated heterocycles. The van der Waals surface area contributed by atoms with Crippen molar-refractivity contribution < 1.29 is 19.6 Å². The molecule has 9 heteroatoms. The van der Waals surface area contributed by atoms with Gasteiger partial charge < -0.3 is 9.89 Å². The highest BCUT2D eigenvalue weighted by molar-refractivity contribution is 5.94. The molecule has 0 bridgehead atoms. The summed E-state index contributed by atoms with van der Waals surface area (Å²) in [5.41, 5.74) is 2.66. The van der Waals surface area contributed by atoms with Gasteiger partial charge in [0.15, 0.2) is 5.76 Å². The second-order valence-electron chi connectivity index (χ2n) is 3.37. The topological polar surface area (TPSA) is 142 Å². The number of hydrogen-bond donors (Lipinski definition) is 1. The van der Waals surface area contributed by atoms with Gasteiger partial charge in [-0.05, 0) is 18.2 Å². The molecule has 0 fully saturated rings. The van der Waals surface area contributed by atoms with Crippen molar-refractivity contribution in [2.45, 2.75) is 0 Å². The summed E-state index contributed by atoms with van der Waals surface area (Å²) in [6.45, 7) is 0. The normalized spacial score (nSPS) is 10.0. The van der Waals surface area contributed by atoms with Crippen molar-refractivity contribution in [3.63, 3.8) is 0 Å². The van der Waals surface area contributed by atoms with Crippen LogP contribution in [0.25, 0.3) is 0 Å². The van der Waals surface area contributed by atoms with Gasteiger partial charge in [0.1, 0.15) is 4.92 Å². The van der Waals surface area contributed by atoms with Gasteiger partial charge in [0, 0.05) is 18.0 Å². The van der Waals surface area contributed by atoms with E-state index in [1.807, 2.05) is 0 Å². The Bertz CT molecular complexity index is 623. The van der Waals surface area contributed by atoms with E-state index in [1.54, 1.807) is 0 Å². The largest absolute Gasteiger partial charge is 0.433 e. The number of nitro groups is 1. The predicted molar refractivity (Wildman–Crippen MR) is 68.3 cm³/mol. The zero-order valence-electron chi connectivity index (χ0n) is 10.0. The van der Waals surface area contributed by atoms with Crippen LogP contribution in [0.15, 0.2) is 46.2 Å². The zero-order valence-corrected chi connectivity index (χ0v) is 10.0. The summed E-state index contributed by atoms with van der Waals surface area (Å²) >= 11 is 0. The van der Waals surface area contributed by atoms with Gasteiger partial charge in [-0.3, -0.25) is 19.9 Å². The minimum Gasteiger partial charge on any atom is -0.412 e. The van der Waals surface area contributed by atoms with E-state index in [1.165, 1.54) is 42.9 Å². The first-order valence-corrected chi connectivity index (χ1v) is 5.14. The van der Waals surface area contributed by atoms with Crippen molar-refractivity contribution >= 4 is 18.0 Å². The summed E-state index contributed by atoms with van der Waals surface area (Å²) in [4.78, 5) is 25.0. The lowest BCUT2D eigenvalue weighted by atomic mass is 10.3. The van der Waals surface area contributed by atoms with Gasteiger partial charge in [0.25, 0.3) is 5.91 Å². The molecule has 2 aromatic rings. The smallest absolute Gasteiger partial charge is 0.412 e. The number of nitrogens with one attached hydrogen (secondary N) is 1. The number of hydrazone groups is 1. The quantitative estimate of drug-likeness (QED) is 0.492. The maximum atomic E-state index is 11.6. The van der Waals surface area contributed by atoms with Crippen LogP contribution in [-0.4, -0.2) is 27.5 Å². The Morgan fingerprint density at radius 2 is 2.05 bits per heavy atom. The van der Waals surface area contributed by atoms with Crippen LogP contribution in [-0.2, 0) is 0 Å². The average molecular weight is 278 g/mol. The lowest BCUT2D eigenvalue weighted by Gasteiger charge is -1.97. The van der Waals surface area contributed by atoms with Crippen LogP contribution in [0.1, 0.15) is 16.1 Å². The molecule has 0 unspecified atom stereocenters. The summed E-state index contributed by atoms with van der Waals surface area (Å²) in [6.07, 6.45) is 4.13. The predicted octanol–water partition coefficient (Wildman–Crippen LogP) is 0.522. The monoisotopic (exact) mass is 278 g/mol. The van der Waals surface area contributed by atoms with Gasteiger partial charge in [-0.15, -0.1) is 0 Å². The van der Waals surface area contributed by atoms with Crippen LogP contribution in [0.5, 0.6) is 0 Å². The summed E-state index contributed by atoms with van der Waals surface area (Å²) < 4.78 is 4.82. The lowest BCUT2D eigenvalue weighted by molar-refractivity contribution is -0.402. The number of pyridine rings is 1. The molecule has 2 rings (SSSR count). The first-order valence-electron chi connectivity index (χ1n) is 5.14. The molecule has 9 nitrogen and oxygen atoms in total. The molecule has 104 valence electrons. The Hall–Kier alpha value is -3.07. The van der Waals surface area contributed by atoms with Crippen LogP contribution in [0.4, 0.5) is 5.88 Å². The molecular weight excluding hydrogens is 268 g/mol. The van der Waals surface area contributed by atoms with E-state index in [0.29, 0.717) is 5.56 Å². The number of rotatable bonds is 4. The van der Waals surface area contributed by atoms with Crippen LogP contribution in [0, 0.1) is 10.1 Å². The summed E-state index contributed by atoms with van der Waals surface area (Å²) in [6, 6.07) is 5.64. The fourth-order valence-electron chi connectivity index (χ4n) is 1.23. The molecule has 2 heterocycles. The molecule has 0 atom stereocenters. The van der Waals surface area contributed by atoms with Gasteiger partial charge in [-0.2, -0.15) is 5.10 Å². The molecule has 0 saturated carbocycles. The number of furan rings is 1. The standard InChI is InChI=1S/C11H8N4O4.H2O/c16-11(8-3-5-12-6-4-8)14-13-7-9-1-2-10(19-9)15(17)18;/h1-7H,(H,14,16);1H2. The number of nitrogens with zero attached hydrogens (tertiary/aromatic N) is 3. The van der Waals surface area contributed by atoms with Crippen LogP contribution >= 0.6 is 0 Å². The van der Waals surface area contributed by atoms with E-state index < -0.39 is 10.8 Å². The summed E-state index contributed by atoms with van der Waals surface area (Å²) in [7, 11) is 0. The number of aromatic nitrogens is 1. The third-order valence-electron chi connectivity index (χ3n) is 2.09. The van der Waals surface area contributed by atoms with Crippen LogP contribution in [0.3, 0.4) is 0 Å². The average Bonchev–Trinajstić information content (AvgIpc) is 2.89. The zero-order chi connectivity index (χ0) is 13.7. The van der Waals surface area contributed by atoms with E-state index in [9.17, 15) is 14.9 Å². The second-order valence-corrected chi connectivity index (χ2v) is 3.37. The van der Waals surface area contributed by atoms with Crippen molar-refractivity contribution in [1.29, 1.82) is 0 Å². The Morgan fingerprint density at radius 3 is 2.65 bits per heavy atom.